The van der Waals surface area contributed by atoms with Crippen molar-refractivity contribution < 1.29 is 4.39 Å². The highest BCUT2D eigenvalue weighted by Gasteiger charge is 2.26. The SMILES string of the molecule is CSc1cccc(F)c1C(C)C(C)(C)C. The van der Waals surface area contributed by atoms with Crippen molar-refractivity contribution in [1.82, 2.24) is 0 Å². The maximum absolute atomic E-state index is 13.8. The molecule has 0 aliphatic carbocycles. The summed E-state index contributed by atoms with van der Waals surface area (Å²) in [6, 6.07) is 5.32. The lowest BCUT2D eigenvalue weighted by molar-refractivity contribution is 0.328. The molecule has 0 aromatic heterocycles. The molecule has 0 saturated heterocycles. The molecule has 0 saturated carbocycles. The third-order valence-corrected chi connectivity index (χ3v) is 3.76. The Bertz CT molecular complexity index is 339. The fourth-order valence-corrected chi connectivity index (χ4v) is 2.26. The Kier molecular flexibility index (Phi) is 3.82. The van der Waals surface area contributed by atoms with Gasteiger partial charge in [0.25, 0.3) is 0 Å². The zero-order valence-corrected chi connectivity index (χ0v) is 10.9. The van der Waals surface area contributed by atoms with E-state index in [2.05, 4.69) is 27.7 Å². The minimum Gasteiger partial charge on any atom is -0.207 e. The minimum absolute atomic E-state index is 0.0794. The second-order valence-corrected chi connectivity index (χ2v) is 5.79. The van der Waals surface area contributed by atoms with Crippen molar-refractivity contribution in [3.63, 3.8) is 0 Å². The molecule has 2 heteroatoms. The number of thioether (sulfide) groups is 1. The van der Waals surface area contributed by atoms with E-state index < -0.39 is 0 Å². The first-order valence-corrected chi connectivity index (χ1v) is 6.42. The fourth-order valence-electron chi connectivity index (χ4n) is 1.55. The van der Waals surface area contributed by atoms with E-state index >= 15 is 0 Å². The summed E-state index contributed by atoms with van der Waals surface area (Å²) in [5.41, 5.74) is 0.949. The van der Waals surface area contributed by atoms with Crippen molar-refractivity contribution in [2.75, 3.05) is 6.26 Å². The fraction of sp³-hybridized carbons (Fsp3) is 0.538. The lowest BCUT2D eigenvalue weighted by Crippen LogP contribution is -2.17. The number of halogens is 1. The lowest BCUT2D eigenvalue weighted by atomic mass is 9.77. The van der Waals surface area contributed by atoms with Crippen molar-refractivity contribution >= 4 is 11.8 Å². The van der Waals surface area contributed by atoms with Gasteiger partial charge in [-0.15, -0.1) is 11.8 Å². The molecule has 15 heavy (non-hydrogen) atoms. The van der Waals surface area contributed by atoms with Gasteiger partial charge in [-0.3, -0.25) is 0 Å². The van der Waals surface area contributed by atoms with Crippen LogP contribution in [0.5, 0.6) is 0 Å². The monoisotopic (exact) mass is 226 g/mol. The Balaban J connectivity index is 3.23. The van der Waals surface area contributed by atoms with Gasteiger partial charge in [-0.2, -0.15) is 0 Å². The van der Waals surface area contributed by atoms with E-state index in [1.54, 1.807) is 23.9 Å². The Hall–Kier alpha value is -0.500. The quantitative estimate of drug-likeness (QED) is 0.659. The summed E-state index contributed by atoms with van der Waals surface area (Å²) in [5, 5.41) is 0. The normalized spacial score (nSPS) is 14.0. The van der Waals surface area contributed by atoms with Crippen LogP contribution in [0.3, 0.4) is 0 Å². The molecule has 0 aliphatic heterocycles. The van der Waals surface area contributed by atoms with Crippen LogP contribution in [0, 0.1) is 11.2 Å². The van der Waals surface area contributed by atoms with Crippen LogP contribution in [0.15, 0.2) is 23.1 Å². The molecule has 0 spiro atoms. The molecule has 0 aliphatic rings. The molecule has 0 fully saturated rings. The van der Waals surface area contributed by atoms with Crippen LogP contribution >= 0.6 is 11.8 Å². The van der Waals surface area contributed by atoms with Gasteiger partial charge in [-0.1, -0.05) is 33.8 Å². The number of benzene rings is 1. The van der Waals surface area contributed by atoms with Gasteiger partial charge in [0, 0.05) is 10.5 Å². The van der Waals surface area contributed by atoms with E-state index in [4.69, 9.17) is 0 Å². The molecular weight excluding hydrogens is 207 g/mol. The van der Waals surface area contributed by atoms with Gasteiger partial charge in [-0.25, -0.2) is 4.39 Å². The van der Waals surface area contributed by atoms with Gasteiger partial charge < -0.3 is 0 Å². The molecule has 0 heterocycles. The number of rotatable bonds is 2. The second kappa shape index (κ2) is 4.56. The first-order chi connectivity index (χ1) is 6.88. The molecule has 84 valence electrons. The van der Waals surface area contributed by atoms with Crippen LogP contribution in [0.4, 0.5) is 4.39 Å². The van der Waals surface area contributed by atoms with Crippen molar-refractivity contribution in [3.8, 4) is 0 Å². The number of hydrogen-bond acceptors (Lipinski definition) is 1. The lowest BCUT2D eigenvalue weighted by Gasteiger charge is -2.29. The molecule has 1 aromatic carbocycles. The number of hydrogen-bond donors (Lipinski definition) is 0. The molecule has 1 rings (SSSR count). The zero-order valence-electron chi connectivity index (χ0n) is 10.1. The zero-order chi connectivity index (χ0) is 11.6. The highest BCUT2D eigenvalue weighted by Crippen LogP contribution is 2.39. The van der Waals surface area contributed by atoms with Crippen LogP contribution in [0.25, 0.3) is 0 Å². The summed E-state index contributed by atoms with van der Waals surface area (Å²) in [7, 11) is 0. The van der Waals surface area contributed by atoms with Crippen LogP contribution in [-0.4, -0.2) is 6.26 Å². The first kappa shape index (κ1) is 12.6. The van der Waals surface area contributed by atoms with E-state index in [0.717, 1.165) is 10.5 Å². The maximum Gasteiger partial charge on any atom is 0.127 e. The van der Waals surface area contributed by atoms with E-state index in [0.29, 0.717) is 0 Å². The average Bonchev–Trinajstić information content (AvgIpc) is 2.15. The van der Waals surface area contributed by atoms with Gasteiger partial charge in [0.05, 0.1) is 0 Å². The predicted octanol–water partition coefficient (Wildman–Crippen LogP) is 4.70. The smallest absolute Gasteiger partial charge is 0.127 e. The molecular formula is C13H19FS. The van der Waals surface area contributed by atoms with Crippen molar-refractivity contribution in [2.45, 2.75) is 38.5 Å². The van der Waals surface area contributed by atoms with E-state index in [1.807, 2.05) is 12.3 Å². The van der Waals surface area contributed by atoms with Crippen LogP contribution in [-0.2, 0) is 0 Å². The maximum atomic E-state index is 13.8. The van der Waals surface area contributed by atoms with Gasteiger partial charge >= 0.3 is 0 Å². The standard InChI is InChI=1S/C13H19FS/c1-9(13(2,3)4)12-10(14)7-6-8-11(12)15-5/h6-9H,1-5H3. The molecule has 0 amide bonds. The third-order valence-electron chi connectivity index (χ3n) is 2.96. The Morgan fingerprint density at radius 2 is 1.87 bits per heavy atom. The Morgan fingerprint density at radius 3 is 2.33 bits per heavy atom. The predicted molar refractivity (Wildman–Crippen MR) is 66.1 cm³/mol. The van der Waals surface area contributed by atoms with Crippen LogP contribution in [0.2, 0.25) is 0 Å². The van der Waals surface area contributed by atoms with Crippen LogP contribution < -0.4 is 0 Å². The highest BCUT2D eigenvalue weighted by atomic mass is 32.2. The Labute approximate surface area is 96.3 Å². The topological polar surface area (TPSA) is 0 Å². The van der Waals surface area contributed by atoms with Crippen molar-refractivity contribution in [3.05, 3.63) is 29.6 Å². The Morgan fingerprint density at radius 1 is 1.27 bits per heavy atom. The summed E-state index contributed by atoms with van der Waals surface area (Å²) in [4.78, 5) is 1.05. The van der Waals surface area contributed by atoms with E-state index in [9.17, 15) is 4.39 Å². The van der Waals surface area contributed by atoms with Gasteiger partial charge in [-0.05, 0) is 29.7 Å². The molecule has 0 bridgehead atoms. The molecule has 1 unspecified atom stereocenters. The first-order valence-electron chi connectivity index (χ1n) is 5.20. The highest BCUT2D eigenvalue weighted by molar-refractivity contribution is 7.98. The molecule has 0 radical (unpaired) electrons. The largest absolute Gasteiger partial charge is 0.207 e. The third kappa shape index (κ3) is 2.75. The second-order valence-electron chi connectivity index (χ2n) is 4.94. The van der Waals surface area contributed by atoms with Crippen molar-refractivity contribution in [2.24, 2.45) is 5.41 Å². The van der Waals surface area contributed by atoms with E-state index in [1.165, 1.54) is 0 Å². The summed E-state index contributed by atoms with van der Waals surface area (Å²) < 4.78 is 13.8. The van der Waals surface area contributed by atoms with Gasteiger partial charge in [0.1, 0.15) is 5.82 Å². The minimum atomic E-state index is -0.0794. The van der Waals surface area contributed by atoms with Gasteiger partial charge in [0.2, 0.25) is 0 Å². The molecule has 0 N–H and O–H groups in total. The summed E-state index contributed by atoms with van der Waals surface area (Å²) in [5.74, 6) is 0.144. The summed E-state index contributed by atoms with van der Waals surface area (Å²) >= 11 is 1.61. The summed E-state index contributed by atoms with van der Waals surface area (Å²) in [6.07, 6.45) is 1.99. The molecule has 1 aromatic rings. The van der Waals surface area contributed by atoms with Crippen molar-refractivity contribution in [1.29, 1.82) is 0 Å². The molecule has 1 atom stereocenters. The van der Waals surface area contributed by atoms with E-state index in [-0.39, 0.29) is 17.2 Å². The van der Waals surface area contributed by atoms with Gasteiger partial charge in [0.15, 0.2) is 0 Å². The molecule has 0 nitrogen and oxygen atoms in total. The average molecular weight is 226 g/mol. The summed E-state index contributed by atoms with van der Waals surface area (Å²) in [6.45, 7) is 8.54. The van der Waals surface area contributed by atoms with Crippen LogP contribution in [0.1, 0.15) is 39.2 Å².